The highest BCUT2D eigenvalue weighted by Gasteiger charge is 2.61. The number of para-hydroxylation sites is 2. The molecule has 1 aliphatic carbocycles. The largest absolute Gasteiger partial charge is 0.496 e. The number of fused-ring (bicyclic) bond motifs is 1. The van der Waals surface area contributed by atoms with E-state index in [1.807, 2.05) is 72.5 Å². The second kappa shape index (κ2) is 11.3. The number of amides is 1. The van der Waals surface area contributed by atoms with E-state index in [0.717, 1.165) is 17.5 Å². The first-order valence-electron chi connectivity index (χ1n) is 14.8. The normalized spacial score (nSPS) is 23.6. The summed E-state index contributed by atoms with van der Waals surface area (Å²) < 4.78 is 11.4. The van der Waals surface area contributed by atoms with Crippen LogP contribution in [0.3, 0.4) is 0 Å². The van der Waals surface area contributed by atoms with Crippen molar-refractivity contribution in [3.63, 3.8) is 0 Å². The summed E-state index contributed by atoms with van der Waals surface area (Å²) in [5, 5.41) is 12.8. The van der Waals surface area contributed by atoms with E-state index in [2.05, 4.69) is 48.5 Å². The van der Waals surface area contributed by atoms with Crippen LogP contribution in [0.15, 0.2) is 109 Å². The van der Waals surface area contributed by atoms with E-state index < -0.39 is 5.60 Å². The van der Waals surface area contributed by atoms with Crippen LogP contribution in [0, 0.1) is 11.8 Å². The van der Waals surface area contributed by atoms with Gasteiger partial charge in [0.05, 0.1) is 25.7 Å². The van der Waals surface area contributed by atoms with Gasteiger partial charge in [-0.15, -0.1) is 0 Å². The summed E-state index contributed by atoms with van der Waals surface area (Å²) in [5.74, 6) is 0.813. The van der Waals surface area contributed by atoms with Crippen molar-refractivity contribution in [3.05, 3.63) is 131 Å². The van der Waals surface area contributed by atoms with Gasteiger partial charge in [-0.25, -0.2) is 0 Å². The van der Waals surface area contributed by atoms with Crippen molar-refractivity contribution >= 4 is 5.91 Å². The molecule has 2 aliphatic rings. The topological polar surface area (TPSA) is 59.0 Å². The van der Waals surface area contributed by atoms with Gasteiger partial charge in [-0.1, -0.05) is 97.1 Å². The maximum Gasteiger partial charge on any atom is 0.229 e. The Labute approximate surface area is 248 Å². The molecule has 5 heteroatoms. The number of benzene rings is 4. The lowest BCUT2D eigenvalue weighted by Gasteiger charge is -2.53. The van der Waals surface area contributed by atoms with E-state index >= 15 is 0 Å². The minimum absolute atomic E-state index is 0.0280. The minimum Gasteiger partial charge on any atom is -0.496 e. The molecular weight excluding hydrogens is 522 g/mol. The number of likely N-dealkylation sites (tertiary alicyclic amines) is 1. The van der Waals surface area contributed by atoms with Gasteiger partial charge in [0.1, 0.15) is 11.5 Å². The Hall–Kier alpha value is -4.09. The van der Waals surface area contributed by atoms with Gasteiger partial charge < -0.3 is 19.5 Å². The van der Waals surface area contributed by atoms with E-state index in [1.54, 1.807) is 14.2 Å². The van der Waals surface area contributed by atoms with Gasteiger partial charge in [-0.05, 0) is 48.9 Å². The van der Waals surface area contributed by atoms with Gasteiger partial charge in [0.15, 0.2) is 0 Å². The quantitative estimate of drug-likeness (QED) is 0.278. The molecule has 1 heterocycles. The molecule has 0 spiro atoms. The number of carbonyl (C=O) groups excluding carboxylic acids is 1. The molecular formula is C37H39NO4. The lowest BCUT2D eigenvalue weighted by molar-refractivity contribution is -0.132. The summed E-state index contributed by atoms with van der Waals surface area (Å²) in [7, 11) is 3.29. The second-order valence-corrected chi connectivity index (χ2v) is 11.7. The highest BCUT2D eigenvalue weighted by atomic mass is 16.5. The zero-order valence-electron chi connectivity index (χ0n) is 24.6. The van der Waals surface area contributed by atoms with Crippen molar-refractivity contribution in [2.45, 2.75) is 36.7 Å². The van der Waals surface area contributed by atoms with Crippen LogP contribution in [0.2, 0.25) is 0 Å². The van der Waals surface area contributed by atoms with Gasteiger partial charge in [-0.2, -0.15) is 0 Å². The summed E-state index contributed by atoms with van der Waals surface area (Å²) in [6.45, 7) is 2.96. The number of rotatable bonds is 7. The van der Waals surface area contributed by atoms with Gasteiger partial charge in [0, 0.05) is 35.5 Å². The third-order valence-corrected chi connectivity index (χ3v) is 9.91. The molecule has 2 fully saturated rings. The predicted molar refractivity (Wildman–Crippen MR) is 165 cm³/mol. The lowest BCUT2D eigenvalue weighted by atomic mass is 9.52. The minimum atomic E-state index is -1.16. The highest BCUT2D eigenvalue weighted by Crippen LogP contribution is 2.60. The first kappa shape index (κ1) is 28.0. The summed E-state index contributed by atoms with van der Waals surface area (Å²) in [6.07, 6.45) is 1.28. The summed E-state index contributed by atoms with van der Waals surface area (Å²) >= 11 is 0. The van der Waals surface area contributed by atoms with E-state index in [9.17, 15) is 9.90 Å². The number of carbonyl (C=O) groups is 1. The van der Waals surface area contributed by atoms with Crippen molar-refractivity contribution in [2.24, 2.45) is 11.8 Å². The van der Waals surface area contributed by atoms with Crippen molar-refractivity contribution < 1.29 is 19.4 Å². The van der Waals surface area contributed by atoms with Gasteiger partial charge in [0.2, 0.25) is 5.91 Å². The fourth-order valence-corrected chi connectivity index (χ4v) is 7.85. The standard InChI is InChI=1S/C37H39NO4/c1-26(29-18-10-12-20-33(29)41-2)35(39)38-24-31-32(25-38)37(40,30-19-11-13-21-34(30)42-3)23-22-36(31,27-14-6-4-7-15-27)28-16-8-5-9-17-28/h4-21,26,31-32,40H,22-25H2,1-3H3/t26?,31-,32-,37-/m1/s1. The average Bonchev–Trinajstić information content (AvgIpc) is 3.52. The van der Waals surface area contributed by atoms with E-state index in [1.165, 1.54) is 11.1 Å². The molecule has 216 valence electrons. The molecule has 0 radical (unpaired) electrons. The predicted octanol–water partition coefficient (Wildman–Crippen LogP) is 6.55. The zero-order chi connectivity index (χ0) is 29.3. The molecule has 0 aromatic heterocycles. The molecule has 1 saturated carbocycles. The van der Waals surface area contributed by atoms with E-state index in [4.69, 9.17) is 9.47 Å². The van der Waals surface area contributed by atoms with Gasteiger partial charge in [-0.3, -0.25) is 4.79 Å². The number of hydrogen-bond donors (Lipinski definition) is 1. The summed E-state index contributed by atoms with van der Waals surface area (Å²) in [5.41, 5.74) is 2.58. The average molecular weight is 562 g/mol. The molecule has 6 rings (SSSR count). The van der Waals surface area contributed by atoms with Crippen molar-refractivity contribution in [3.8, 4) is 11.5 Å². The molecule has 0 bridgehead atoms. The van der Waals surface area contributed by atoms with E-state index in [0.29, 0.717) is 31.0 Å². The smallest absolute Gasteiger partial charge is 0.229 e. The molecule has 5 nitrogen and oxygen atoms in total. The SMILES string of the molecule is COc1ccccc1C(C)C(=O)N1C[C@@H]2[C@@H](C1)[C@](O)(c1ccccc1OC)CCC2(c1ccccc1)c1ccccc1. The Bertz CT molecular complexity index is 1500. The first-order chi connectivity index (χ1) is 20.4. The Morgan fingerprint density at radius 2 is 1.26 bits per heavy atom. The Morgan fingerprint density at radius 1 is 0.738 bits per heavy atom. The third kappa shape index (κ3) is 4.47. The van der Waals surface area contributed by atoms with Crippen molar-refractivity contribution in [2.75, 3.05) is 27.3 Å². The molecule has 4 atom stereocenters. The maximum absolute atomic E-state index is 14.3. The monoisotopic (exact) mass is 561 g/mol. The van der Waals surface area contributed by atoms with Crippen LogP contribution in [-0.2, 0) is 15.8 Å². The van der Waals surface area contributed by atoms with Crippen LogP contribution >= 0.6 is 0 Å². The number of nitrogens with zero attached hydrogens (tertiary/aromatic N) is 1. The summed E-state index contributed by atoms with van der Waals surface area (Å²) in [6, 6.07) is 36.8. The number of hydrogen-bond acceptors (Lipinski definition) is 4. The van der Waals surface area contributed by atoms with Crippen LogP contribution in [0.25, 0.3) is 0 Å². The fourth-order valence-electron chi connectivity index (χ4n) is 7.85. The maximum atomic E-state index is 14.3. The zero-order valence-corrected chi connectivity index (χ0v) is 24.6. The van der Waals surface area contributed by atoms with Crippen LogP contribution < -0.4 is 9.47 Å². The van der Waals surface area contributed by atoms with Crippen LogP contribution in [0.4, 0.5) is 0 Å². The molecule has 1 N–H and O–H groups in total. The lowest BCUT2D eigenvalue weighted by Crippen LogP contribution is -2.53. The molecule has 4 aromatic rings. The highest BCUT2D eigenvalue weighted by molar-refractivity contribution is 5.84. The van der Waals surface area contributed by atoms with Crippen molar-refractivity contribution in [1.29, 1.82) is 0 Å². The number of ether oxygens (including phenoxy) is 2. The molecule has 42 heavy (non-hydrogen) atoms. The number of aliphatic hydroxyl groups is 1. The third-order valence-electron chi connectivity index (χ3n) is 9.91. The second-order valence-electron chi connectivity index (χ2n) is 11.7. The number of methoxy groups -OCH3 is 2. The molecule has 1 aliphatic heterocycles. The van der Waals surface area contributed by atoms with Gasteiger partial charge in [0.25, 0.3) is 0 Å². The van der Waals surface area contributed by atoms with Gasteiger partial charge >= 0.3 is 0 Å². The first-order valence-corrected chi connectivity index (χ1v) is 14.8. The van der Waals surface area contributed by atoms with Crippen LogP contribution in [-0.4, -0.2) is 43.2 Å². The molecule has 1 saturated heterocycles. The summed E-state index contributed by atoms with van der Waals surface area (Å²) in [4.78, 5) is 16.3. The molecule has 4 aromatic carbocycles. The Balaban J connectivity index is 1.49. The van der Waals surface area contributed by atoms with Crippen LogP contribution in [0.5, 0.6) is 11.5 Å². The van der Waals surface area contributed by atoms with E-state index in [-0.39, 0.29) is 29.1 Å². The van der Waals surface area contributed by atoms with Crippen LogP contribution in [0.1, 0.15) is 47.9 Å². The van der Waals surface area contributed by atoms with Crippen molar-refractivity contribution in [1.82, 2.24) is 4.90 Å². The fraction of sp³-hybridized carbons (Fsp3) is 0.324. The molecule has 1 amide bonds. The molecule has 1 unspecified atom stereocenters. The Kier molecular flexibility index (Phi) is 7.54. The Morgan fingerprint density at radius 3 is 1.88 bits per heavy atom.